The number of nitrogens with two attached hydrogens (primary N) is 1. The van der Waals surface area contributed by atoms with E-state index in [1.165, 1.54) is 0 Å². The van der Waals surface area contributed by atoms with Crippen LogP contribution in [0.15, 0.2) is 36.4 Å². The van der Waals surface area contributed by atoms with Crippen molar-refractivity contribution in [2.45, 2.75) is 6.54 Å². The summed E-state index contributed by atoms with van der Waals surface area (Å²) < 4.78 is 2.01. The Hall–Kier alpha value is -1.55. The summed E-state index contributed by atoms with van der Waals surface area (Å²) in [5.74, 6) is 0.793. The van der Waals surface area contributed by atoms with Crippen LogP contribution in [0, 0.1) is 0 Å². The molecular weight excluding hydrogens is 293 g/mol. The molecule has 2 N–H and O–H groups in total. The first kappa shape index (κ1) is 13.4. The third kappa shape index (κ3) is 2.08. The Morgan fingerprint density at radius 1 is 1.20 bits per heavy atom. The molecule has 102 valence electrons. The van der Waals surface area contributed by atoms with Gasteiger partial charge in [0.05, 0.1) is 21.1 Å². The van der Waals surface area contributed by atoms with Gasteiger partial charge in [0.25, 0.3) is 0 Å². The van der Waals surface area contributed by atoms with Gasteiger partial charge >= 0.3 is 0 Å². The Balaban J connectivity index is 2.27. The van der Waals surface area contributed by atoms with Crippen LogP contribution < -0.4 is 5.73 Å². The van der Waals surface area contributed by atoms with E-state index in [-0.39, 0.29) is 0 Å². The summed E-state index contributed by atoms with van der Waals surface area (Å²) in [5, 5.41) is 1.05. The number of imidazole rings is 1. The van der Waals surface area contributed by atoms with E-state index >= 15 is 0 Å². The lowest BCUT2D eigenvalue weighted by Crippen LogP contribution is -1.97. The van der Waals surface area contributed by atoms with Gasteiger partial charge in [-0.1, -0.05) is 35.3 Å². The molecule has 2 aromatic carbocycles. The number of rotatable bonds is 2. The maximum absolute atomic E-state index is 6.28. The molecule has 3 nitrogen and oxygen atoms in total. The number of halogens is 2. The van der Waals surface area contributed by atoms with Crippen molar-refractivity contribution in [1.29, 1.82) is 0 Å². The van der Waals surface area contributed by atoms with Gasteiger partial charge in [0.1, 0.15) is 5.82 Å². The first-order chi connectivity index (χ1) is 9.61. The molecule has 5 heteroatoms. The predicted octanol–water partition coefficient (Wildman–Crippen LogP) is 4.01. The Kier molecular flexibility index (Phi) is 3.42. The lowest BCUT2D eigenvalue weighted by atomic mass is 10.2. The summed E-state index contributed by atoms with van der Waals surface area (Å²) in [5.41, 5.74) is 9.52. The van der Waals surface area contributed by atoms with E-state index in [4.69, 9.17) is 28.9 Å². The van der Waals surface area contributed by atoms with E-state index in [0.717, 1.165) is 28.0 Å². The molecule has 1 heterocycles. The number of aromatic nitrogens is 2. The molecule has 0 amide bonds. The van der Waals surface area contributed by atoms with Gasteiger partial charge in [0.15, 0.2) is 0 Å². The first-order valence-electron chi connectivity index (χ1n) is 6.21. The van der Waals surface area contributed by atoms with Crippen molar-refractivity contribution in [3.05, 3.63) is 52.0 Å². The Morgan fingerprint density at radius 3 is 2.75 bits per heavy atom. The summed E-state index contributed by atoms with van der Waals surface area (Å²) in [6.07, 6.45) is 0. The maximum Gasteiger partial charge on any atom is 0.142 e. The Labute approximate surface area is 126 Å². The molecule has 3 aromatic rings. The highest BCUT2D eigenvalue weighted by Crippen LogP contribution is 2.34. The van der Waals surface area contributed by atoms with Crippen LogP contribution in [-0.2, 0) is 13.6 Å². The summed E-state index contributed by atoms with van der Waals surface area (Å²) in [7, 11) is 1.96. The largest absolute Gasteiger partial charge is 0.327 e. The summed E-state index contributed by atoms with van der Waals surface area (Å²) >= 11 is 12.4. The number of fused-ring (bicyclic) bond motifs is 1. The zero-order valence-electron chi connectivity index (χ0n) is 10.9. The molecule has 0 saturated carbocycles. The fourth-order valence-corrected chi connectivity index (χ4v) is 2.66. The van der Waals surface area contributed by atoms with E-state index in [1.54, 1.807) is 6.07 Å². The number of benzene rings is 2. The van der Waals surface area contributed by atoms with Gasteiger partial charge in [-0.3, -0.25) is 0 Å². The average molecular weight is 306 g/mol. The second-order valence-electron chi connectivity index (χ2n) is 4.62. The van der Waals surface area contributed by atoms with Crippen molar-refractivity contribution < 1.29 is 0 Å². The van der Waals surface area contributed by atoms with Crippen molar-refractivity contribution in [1.82, 2.24) is 9.55 Å². The normalized spacial score (nSPS) is 11.2. The van der Waals surface area contributed by atoms with Gasteiger partial charge in [0, 0.05) is 19.2 Å². The summed E-state index contributed by atoms with van der Waals surface area (Å²) in [4.78, 5) is 4.64. The predicted molar refractivity (Wildman–Crippen MR) is 84.1 cm³/mol. The van der Waals surface area contributed by atoms with Gasteiger partial charge in [-0.2, -0.15) is 0 Å². The third-order valence-corrected chi connectivity index (χ3v) is 4.19. The summed E-state index contributed by atoms with van der Waals surface area (Å²) in [6, 6.07) is 11.6. The molecule has 1 aromatic heterocycles. The third-order valence-electron chi connectivity index (χ3n) is 3.37. The molecule has 0 aliphatic rings. The molecule has 20 heavy (non-hydrogen) atoms. The molecule has 0 radical (unpaired) electrons. The van der Waals surface area contributed by atoms with Crippen molar-refractivity contribution in [3.8, 4) is 11.4 Å². The summed E-state index contributed by atoms with van der Waals surface area (Å²) in [6.45, 7) is 0.508. The zero-order valence-corrected chi connectivity index (χ0v) is 12.4. The lowest BCUT2D eigenvalue weighted by molar-refractivity contribution is 0.956. The second kappa shape index (κ2) is 5.09. The maximum atomic E-state index is 6.28. The number of hydrogen-bond acceptors (Lipinski definition) is 2. The van der Waals surface area contributed by atoms with E-state index < -0.39 is 0 Å². The van der Waals surface area contributed by atoms with Crippen LogP contribution >= 0.6 is 23.2 Å². The smallest absolute Gasteiger partial charge is 0.142 e. The van der Waals surface area contributed by atoms with Crippen LogP contribution in [0.1, 0.15) is 5.56 Å². The minimum atomic E-state index is 0.508. The molecule has 0 aliphatic carbocycles. The van der Waals surface area contributed by atoms with E-state index in [0.29, 0.717) is 16.6 Å². The van der Waals surface area contributed by atoms with Crippen molar-refractivity contribution >= 4 is 34.2 Å². The van der Waals surface area contributed by atoms with Gasteiger partial charge in [-0.05, 0) is 29.8 Å². The topological polar surface area (TPSA) is 43.8 Å². The molecule has 0 bridgehead atoms. The van der Waals surface area contributed by atoms with Gasteiger partial charge < -0.3 is 10.3 Å². The van der Waals surface area contributed by atoms with Crippen LogP contribution in [0.3, 0.4) is 0 Å². The van der Waals surface area contributed by atoms with Crippen LogP contribution in [-0.4, -0.2) is 9.55 Å². The van der Waals surface area contributed by atoms with Crippen LogP contribution in [0.2, 0.25) is 10.0 Å². The minimum absolute atomic E-state index is 0.508. The van der Waals surface area contributed by atoms with E-state index in [2.05, 4.69) is 4.98 Å². The molecule has 3 rings (SSSR count). The highest BCUT2D eigenvalue weighted by Gasteiger charge is 2.14. The second-order valence-corrected chi connectivity index (χ2v) is 5.41. The number of hydrogen-bond donors (Lipinski definition) is 1. The van der Waals surface area contributed by atoms with Crippen molar-refractivity contribution in [2.75, 3.05) is 0 Å². The number of aryl methyl sites for hydroxylation is 1. The molecule has 0 spiro atoms. The Morgan fingerprint density at radius 2 is 2.00 bits per heavy atom. The lowest BCUT2D eigenvalue weighted by Gasteiger charge is -2.06. The zero-order chi connectivity index (χ0) is 14.3. The molecule has 0 atom stereocenters. The molecule has 0 aliphatic heterocycles. The number of nitrogens with zero attached hydrogens (tertiary/aromatic N) is 2. The fraction of sp³-hybridized carbons (Fsp3) is 0.133. The van der Waals surface area contributed by atoms with Crippen LogP contribution in [0.4, 0.5) is 0 Å². The van der Waals surface area contributed by atoms with Gasteiger partial charge in [0.2, 0.25) is 0 Å². The highest BCUT2D eigenvalue weighted by molar-refractivity contribution is 6.43. The van der Waals surface area contributed by atoms with E-state index in [1.807, 2.05) is 41.9 Å². The van der Waals surface area contributed by atoms with Crippen molar-refractivity contribution in [2.24, 2.45) is 12.8 Å². The SMILES string of the molecule is Cn1c(-c2cccc(Cl)c2Cl)nc2ccc(CN)cc21. The quantitative estimate of drug-likeness (QED) is 0.777. The minimum Gasteiger partial charge on any atom is -0.327 e. The van der Waals surface area contributed by atoms with Crippen molar-refractivity contribution in [3.63, 3.8) is 0 Å². The monoisotopic (exact) mass is 305 g/mol. The average Bonchev–Trinajstić information content (AvgIpc) is 2.78. The molecule has 0 saturated heterocycles. The van der Waals surface area contributed by atoms with Gasteiger partial charge in [-0.25, -0.2) is 4.98 Å². The Bertz CT molecular complexity index is 793. The van der Waals surface area contributed by atoms with Crippen LogP contribution in [0.5, 0.6) is 0 Å². The molecular formula is C15H13Cl2N3. The standard InChI is InChI=1S/C15H13Cl2N3/c1-20-13-7-9(8-18)5-6-12(13)19-15(20)10-3-2-4-11(16)14(10)17/h2-7H,8,18H2,1H3. The van der Waals surface area contributed by atoms with Gasteiger partial charge in [-0.15, -0.1) is 0 Å². The highest BCUT2D eigenvalue weighted by atomic mass is 35.5. The van der Waals surface area contributed by atoms with Crippen LogP contribution in [0.25, 0.3) is 22.4 Å². The molecule has 0 fully saturated rings. The first-order valence-corrected chi connectivity index (χ1v) is 6.97. The van der Waals surface area contributed by atoms with E-state index in [9.17, 15) is 0 Å². The molecule has 0 unspecified atom stereocenters. The fourth-order valence-electron chi connectivity index (χ4n) is 2.28.